The number of rotatable bonds is 2. The average molecular weight is 392 g/mol. The Kier molecular flexibility index (Phi) is 3.63. The Hall–Kier alpha value is -2.13. The Bertz CT molecular complexity index is 965. The van der Waals surface area contributed by atoms with E-state index in [-0.39, 0.29) is 0 Å². The van der Waals surface area contributed by atoms with E-state index in [1.807, 2.05) is 0 Å². The Morgan fingerprint density at radius 1 is 0.840 bits per heavy atom. The van der Waals surface area contributed by atoms with E-state index in [9.17, 15) is 0 Å². The third kappa shape index (κ3) is 2.49. The number of hydrogen-bond donors (Lipinski definition) is 0. The van der Waals surface area contributed by atoms with Gasteiger partial charge in [0.15, 0.2) is 5.69 Å². The fraction of sp³-hybridized carbons (Fsp3) is 0.227. The van der Waals surface area contributed by atoms with Crippen LogP contribution in [0.15, 0.2) is 65.3 Å². The van der Waals surface area contributed by atoms with Gasteiger partial charge in [-0.15, -0.1) is 0 Å². The van der Waals surface area contributed by atoms with Crippen LogP contribution in [0.4, 0.5) is 0 Å². The van der Waals surface area contributed by atoms with E-state index in [1.165, 1.54) is 47.5 Å². The van der Waals surface area contributed by atoms with E-state index < -0.39 is 0 Å². The van der Waals surface area contributed by atoms with Crippen molar-refractivity contribution in [3.05, 3.63) is 76.7 Å². The van der Waals surface area contributed by atoms with Crippen LogP contribution in [-0.2, 0) is 13.1 Å². The molecule has 5 rings (SSSR count). The molecular weight excluding hydrogens is 372 g/mol. The molecule has 0 atom stereocenters. The summed E-state index contributed by atoms with van der Waals surface area (Å²) in [7, 11) is 0. The van der Waals surface area contributed by atoms with Crippen LogP contribution in [0.2, 0.25) is 0 Å². The number of imidazole rings is 1. The molecule has 0 saturated heterocycles. The molecule has 0 radical (unpaired) electrons. The topological polar surface area (TPSA) is 8.81 Å². The van der Waals surface area contributed by atoms with Gasteiger partial charge in [0, 0.05) is 21.2 Å². The number of allylic oxidation sites excluding steroid dienone is 2. The summed E-state index contributed by atoms with van der Waals surface area (Å²) in [5.74, 6) is 1.43. The summed E-state index contributed by atoms with van der Waals surface area (Å²) in [4.78, 5) is 0. The Balaban J connectivity index is 1.68. The summed E-state index contributed by atoms with van der Waals surface area (Å²) in [6.45, 7) is 2.10. The van der Waals surface area contributed by atoms with Gasteiger partial charge in [-0.25, -0.2) is 9.13 Å². The molecule has 2 aliphatic rings. The fourth-order valence-electron chi connectivity index (χ4n) is 4.22. The van der Waals surface area contributed by atoms with E-state index in [4.69, 9.17) is 0 Å². The minimum absolute atomic E-state index is 0.985. The van der Waals surface area contributed by atoms with Crippen molar-refractivity contribution in [2.45, 2.75) is 32.4 Å². The highest BCUT2D eigenvalue weighted by molar-refractivity contribution is 9.10. The zero-order valence-electron chi connectivity index (χ0n) is 14.1. The van der Waals surface area contributed by atoms with Crippen LogP contribution < -0.4 is 4.57 Å². The standard InChI is InChI=1S/C22H20BrN2/c23-18-11-9-16(10-12-18)20-14-24-15-21(17-6-2-1-3-7-17)25-13-5-4-8-19(20)22(24)25/h1-3,6-7,9-12,15H,4-5,8,13-14H2/q+1. The predicted octanol–water partition coefficient (Wildman–Crippen LogP) is 5.31. The molecule has 25 heavy (non-hydrogen) atoms. The highest BCUT2D eigenvalue weighted by Crippen LogP contribution is 2.38. The van der Waals surface area contributed by atoms with Crippen molar-refractivity contribution in [1.29, 1.82) is 0 Å². The van der Waals surface area contributed by atoms with Crippen molar-refractivity contribution < 1.29 is 4.57 Å². The predicted molar refractivity (Wildman–Crippen MR) is 105 cm³/mol. The minimum atomic E-state index is 0.985. The average Bonchev–Trinajstić information content (AvgIpc) is 3.08. The van der Waals surface area contributed by atoms with Gasteiger partial charge in [0.05, 0.1) is 6.54 Å². The quantitative estimate of drug-likeness (QED) is 0.523. The molecule has 0 saturated carbocycles. The Morgan fingerprint density at radius 3 is 2.44 bits per heavy atom. The second kappa shape index (κ2) is 5.99. The molecule has 3 aromatic rings. The number of aromatic nitrogens is 2. The van der Waals surface area contributed by atoms with Crippen LogP contribution in [0, 0.1) is 0 Å². The first-order valence-electron chi connectivity index (χ1n) is 8.98. The molecule has 2 aliphatic heterocycles. The maximum atomic E-state index is 3.55. The third-order valence-corrected chi connectivity index (χ3v) is 5.91. The summed E-state index contributed by atoms with van der Waals surface area (Å²) in [6.07, 6.45) is 6.05. The number of halogens is 1. The number of nitrogens with zero attached hydrogens (tertiary/aromatic N) is 2. The molecular formula is C22H20BrN2+. The second-order valence-electron chi connectivity index (χ2n) is 6.90. The van der Waals surface area contributed by atoms with E-state index in [0.717, 1.165) is 17.6 Å². The first kappa shape index (κ1) is 15.2. The van der Waals surface area contributed by atoms with Crippen molar-refractivity contribution in [3.63, 3.8) is 0 Å². The molecule has 3 heterocycles. The maximum Gasteiger partial charge on any atom is 0.285 e. The Labute approximate surface area is 156 Å². The normalized spacial score (nSPS) is 16.0. The van der Waals surface area contributed by atoms with Gasteiger partial charge < -0.3 is 0 Å². The molecule has 0 amide bonds. The van der Waals surface area contributed by atoms with E-state index in [2.05, 4.69) is 85.9 Å². The van der Waals surface area contributed by atoms with Crippen molar-refractivity contribution in [1.82, 2.24) is 4.57 Å². The van der Waals surface area contributed by atoms with E-state index in [0.29, 0.717) is 0 Å². The number of hydrogen-bond acceptors (Lipinski definition) is 0. The molecule has 0 bridgehead atoms. The van der Waals surface area contributed by atoms with Crippen LogP contribution in [0.5, 0.6) is 0 Å². The fourth-order valence-corrected chi connectivity index (χ4v) is 4.49. The zero-order chi connectivity index (χ0) is 16.8. The third-order valence-electron chi connectivity index (χ3n) is 5.38. The molecule has 2 nitrogen and oxygen atoms in total. The van der Waals surface area contributed by atoms with Gasteiger partial charge in [0.25, 0.3) is 5.82 Å². The van der Waals surface area contributed by atoms with Gasteiger partial charge in [-0.2, -0.15) is 0 Å². The maximum absolute atomic E-state index is 3.55. The van der Waals surface area contributed by atoms with Crippen molar-refractivity contribution in [2.24, 2.45) is 0 Å². The van der Waals surface area contributed by atoms with Crippen LogP contribution in [0.25, 0.3) is 22.4 Å². The monoisotopic (exact) mass is 391 g/mol. The zero-order valence-corrected chi connectivity index (χ0v) is 15.7. The molecule has 2 aromatic carbocycles. The highest BCUT2D eigenvalue weighted by Gasteiger charge is 2.36. The lowest BCUT2D eigenvalue weighted by Crippen LogP contribution is -2.32. The first-order valence-corrected chi connectivity index (χ1v) is 9.77. The molecule has 0 unspecified atom stereocenters. The largest absolute Gasteiger partial charge is 0.285 e. The van der Waals surface area contributed by atoms with Crippen LogP contribution in [-0.4, -0.2) is 4.57 Å². The lowest BCUT2D eigenvalue weighted by Gasteiger charge is -2.05. The first-order chi connectivity index (χ1) is 12.3. The molecule has 0 spiro atoms. The lowest BCUT2D eigenvalue weighted by molar-refractivity contribution is -0.681. The summed E-state index contributed by atoms with van der Waals surface area (Å²) >= 11 is 3.55. The summed E-state index contributed by atoms with van der Waals surface area (Å²) < 4.78 is 6.14. The van der Waals surface area contributed by atoms with Crippen molar-refractivity contribution >= 4 is 27.1 Å². The lowest BCUT2D eigenvalue weighted by atomic mass is 9.98. The smallest absolute Gasteiger partial charge is 0.225 e. The van der Waals surface area contributed by atoms with Gasteiger partial charge >= 0.3 is 0 Å². The van der Waals surface area contributed by atoms with Gasteiger partial charge in [0.2, 0.25) is 0 Å². The Morgan fingerprint density at radius 2 is 1.64 bits per heavy atom. The van der Waals surface area contributed by atoms with E-state index in [1.54, 1.807) is 5.57 Å². The summed E-state index contributed by atoms with van der Waals surface area (Å²) in [5, 5.41) is 0. The highest BCUT2D eigenvalue weighted by atomic mass is 79.9. The molecule has 0 fully saturated rings. The molecule has 124 valence electrons. The van der Waals surface area contributed by atoms with Crippen molar-refractivity contribution in [2.75, 3.05) is 0 Å². The SMILES string of the molecule is Brc1ccc(C2=C3CCCCn4c(-c5ccccc5)c[n+](c43)C2)cc1. The molecule has 0 N–H and O–H groups in total. The molecule has 3 heteroatoms. The van der Waals surface area contributed by atoms with Gasteiger partial charge in [-0.1, -0.05) is 58.4 Å². The second-order valence-corrected chi connectivity index (χ2v) is 7.82. The molecule has 1 aromatic heterocycles. The number of benzene rings is 2. The molecule has 0 aliphatic carbocycles. The van der Waals surface area contributed by atoms with Crippen molar-refractivity contribution in [3.8, 4) is 11.3 Å². The van der Waals surface area contributed by atoms with Crippen LogP contribution in [0.3, 0.4) is 0 Å². The summed E-state index contributed by atoms with van der Waals surface area (Å²) in [6, 6.07) is 19.6. The van der Waals surface area contributed by atoms with Gasteiger partial charge in [-0.3, -0.25) is 0 Å². The van der Waals surface area contributed by atoms with Crippen LogP contribution >= 0.6 is 15.9 Å². The summed E-state index contributed by atoms with van der Waals surface area (Å²) in [5.41, 5.74) is 7.07. The van der Waals surface area contributed by atoms with Gasteiger partial charge in [0.1, 0.15) is 12.7 Å². The van der Waals surface area contributed by atoms with E-state index >= 15 is 0 Å². The van der Waals surface area contributed by atoms with Crippen LogP contribution in [0.1, 0.15) is 30.7 Å². The minimum Gasteiger partial charge on any atom is -0.225 e. The van der Waals surface area contributed by atoms with Gasteiger partial charge in [-0.05, 0) is 37.0 Å².